The predicted octanol–water partition coefficient (Wildman–Crippen LogP) is 3.53. The average Bonchev–Trinajstić information content (AvgIpc) is 3.33. The van der Waals surface area contributed by atoms with Crippen LogP contribution in [0.5, 0.6) is 0 Å². The summed E-state index contributed by atoms with van der Waals surface area (Å²) in [6.07, 6.45) is 3.63. The number of pyridine rings is 1. The summed E-state index contributed by atoms with van der Waals surface area (Å²) in [7, 11) is 0. The van der Waals surface area contributed by atoms with Crippen molar-refractivity contribution in [1.29, 1.82) is 0 Å². The van der Waals surface area contributed by atoms with Crippen LogP contribution in [0.25, 0.3) is 17.1 Å². The quantitative estimate of drug-likeness (QED) is 0.541. The lowest BCUT2D eigenvalue weighted by atomic mass is 10.1. The van der Waals surface area contributed by atoms with Gasteiger partial charge in [-0.05, 0) is 49.6 Å². The van der Waals surface area contributed by atoms with E-state index in [1.807, 2.05) is 50.4 Å². The number of benzene rings is 1. The fraction of sp³-hybridized carbons (Fsp3) is 0.286. The standard InChI is InChI=1S/C21H22N6O2/c1-4-6-17-23-21(29-26-17)15-9-10-18-24-25-19(27(18)12-15)11-20(28)22-16-8-5-7-13(2)14(16)3/h5,7-10,12H,4,6,11H2,1-3H3,(H,22,28). The Morgan fingerprint density at radius 1 is 1.17 bits per heavy atom. The van der Waals surface area contributed by atoms with Crippen LogP contribution in [0.3, 0.4) is 0 Å². The molecule has 1 aromatic carbocycles. The topological polar surface area (TPSA) is 98.2 Å². The van der Waals surface area contributed by atoms with Gasteiger partial charge in [-0.1, -0.05) is 24.2 Å². The Balaban J connectivity index is 1.57. The molecule has 0 atom stereocenters. The summed E-state index contributed by atoms with van der Waals surface area (Å²) in [4.78, 5) is 17.0. The zero-order valence-corrected chi connectivity index (χ0v) is 16.6. The van der Waals surface area contributed by atoms with Gasteiger partial charge < -0.3 is 9.84 Å². The highest BCUT2D eigenvalue weighted by Gasteiger charge is 2.15. The minimum absolute atomic E-state index is 0.100. The molecule has 29 heavy (non-hydrogen) atoms. The first-order chi connectivity index (χ1) is 14.0. The molecule has 0 aliphatic heterocycles. The number of aromatic nitrogens is 5. The molecule has 0 aliphatic carbocycles. The zero-order valence-electron chi connectivity index (χ0n) is 16.6. The molecule has 4 rings (SSSR count). The van der Waals surface area contributed by atoms with Crippen molar-refractivity contribution in [3.05, 3.63) is 59.3 Å². The number of nitrogens with zero attached hydrogens (tertiary/aromatic N) is 5. The van der Waals surface area contributed by atoms with Crippen molar-refractivity contribution >= 4 is 17.2 Å². The van der Waals surface area contributed by atoms with Crippen LogP contribution in [-0.2, 0) is 17.6 Å². The van der Waals surface area contributed by atoms with Gasteiger partial charge >= 0.3 is 0 Å². The van der Waals surface area contributed by atoms with Gasteiger partial charge in [0.05, 0.1) is 12.0 Å². The number of aryl methyl sites for hydroxylation is 2. The second-order valence-corrected chi connectivity index (χ2v) is 7.00. The van der Waals surface area contributed by atoms with Crippen LogP contribution in [0.15, 0.2) is 41.1 Å². The van der Waals surface area contributed by atoms with Gasteiger partial charge in [0, 0.05) is 18.3 Å². The molecule has 1 N–H and O–H groups in total. The molecule has 8 nitrogen and oxygen atoms in total. The monoisotopic (exact) mass is 390 g/mol. The number of nitrogens with one attached hydrogen (secondary N) is 1. The molecule has 0 spiro atoms. The SMILES string of the molecule is CCCc1noc(-c2ccc3nnc(CC(=O)Nc4cccc(C)c4C)n3c2)n1. The molecule has 0 radical (unpaired) electrons. The first-order valence-corrected chi connectivity index (χ1v) is 9.58. The summed E-state index contributed by atoms with van der Waals surface area (Å²) >= 11 is 0. The molecular formula is C21H22N6O2. The summed E-state index contributed by atoms with van der Waals surface area (Å²) in [6.45, 7) is 6.07. The number of rotatable bonds is 6. The van der Waals surface area contributed by atoms with Gasteiger partial charge in [-0.3, -0.25) is 9.20 Å². The normalized spacial score (nSPS) is 11.1. The number of carbonyl (C=O) groups is 1. The van der Waals surface area contributed by atoms with Gasteiger partial charge in [0.15, 0.2) is 11.5 Å². The van der Waals surface area contributed by atoms with Crippen molar-refractivity contribution < 1.29 is 9.32 Å². The molecule has 148 valence electrons. The van der Waals surface area contributed by atoms with Gasteiger partial charge in [0.1, 0.15) is 5.82 Å². The fourth-order valence-electron chi connectivity index (χ4n) is 3.11. The molecule has 1 amide bonds. The molecule has 0 bridgehead atoms. The van der Waals surface area contributed by atoms with Crippen LogP contribution in [0.2, 0.25) is 0 Å². The lowest BCUT2D eigenvalue weighted by Crippen LogP contribution is -2.17. The Kier molecular flexibility index (Phi) is 5.07. The Morgan fingerprint density at radius 2 is 2.03 bits per heavy atom. The highest BCUT2D eigenvalue weighted by molar-refractivity contribution is 5.92. The first kappa shape index (κ1) is 18.8. The van der Waals surface area contributed by atoms with E-state index in [0.29, 0.717) is 23.2 Å². The lowest BCUT2D eigenvalue weighted by molar-refractivity contribution is -0.115. The highest BCUT2D eigenvalue weighted by Crippen LogP contribution is 2.20. The van der Waals surface area contributed by atoms with E-state index >= 15 is 0 Å². The van der Waals surface area contributed by atoms with Crippen molar-refractivity contribution in [3.63, 3.8) is 0 Å². The zero-order chi connectivity index (χ0) is 20.4. The fourth-order valence-corrected chi connectivity index (χ4v) is 3.11. The molecule has 8 heteroatoms. The maximum Gasteiger partial charge on any atom is 0.259 e. The maximum absolute atomic E-state index is 12.6. The highest BCUT2D eigenvalue weighted by atomic mass is 16.5. The number of hydrogen-bond donors (Lipinski definition) is 1. The van der Waals surface area contributed by atoms with Crippen molar-refractivity contribution in [3.8, 4) is 11.5 Å². The third kappa shape index (κ3) is 3.87. The third-order valence-corrected chi connectivity index (χ3v) is 4.86. The van der Waals surface area contributed by atoms with E-state index in [4.69, 9.17) is 4.52 Å². The number of carbonyl (C=O) groups excluding carboxylic acids is 1. The maximum atomic E-state index is 12.6. The summed E-state index contributed by atoms with van der Waals surface area (Å²) in [5.41, 5.74) is 4.38. The van der Waals surface area contributed by atoms with Crippen LogP contribution < -0.4 is 5.32 Å². The summed E-state index contributed by atoms with van der Waals surface area (Å²) in [5.74, 6) is 1.51. The van der Waals surface area contributed by atoms with E-state index in [1.54, 1.807) is 4.40 Å². The second kappa shape index (κ2) is 7.83. The van der Waals surface area contributed by atoms with Gasteiger partial charge in [-0.15, -0.1) is 10.2 Å². The van der Waals surface area contributed by atoms with Crippen LogP contribution in [0.1, 0.15) is 36.1 Å². The predicted molar refractivity (Wildman–Crippen MR) is 109 cm³/mol. The number of hydrogen-bond acceptors (Lipinski definition) is 6. The van der Waals surface area contributed by atoms with Crippen LogP contribution >= 0.6 is 0 Å². The third-order valence-electron chi connectivity index (χ3n) is 4.86. The largest absolute Gasteiger partial charge is 0.334 e. The number of amides is 1. The molecule has 3 aromatic heterocycles. The van der Waals surface area contributed by atoms with E-state index in [0.717, 1.165) is 35.2 Å². The molecule has 3 heterocycles. The minimum atomic E-state index is -0.151. The molecule has 0 aliphatic rings. The van der Waals surface area contributed by atoms with E-state index < -0.39 is 0 Å². The van der Waals surface area contributed by atoms with Gasteiger partial charge in [0.2, 0.25) is 5.91 Å². The van der Waals surface area contributed by atoms with Crippen molar-refractivity contribution in [2.45, 2.75) is 40.0 Å². The summed E-state index contributed by atoms with van der Waals surface area (Å²) < 4.78 is 7.14. The Morgan fingerprint density at radius 3 is 2.86 bits per heavy atom. The molecule has 0 unspecified atom stereocenters. The Labute approximate surface area is 168 Å². The first-order valence-electron chi connectivity index (χ1n) is 9.58. The van der Waals surface area contributed by atoms with Crippen LogP contribution in [0, 0.1) is 13.8 Å². The number of fused-ring (bicyclic) bond motifs is 1. The van der Waals surface area contributed by atoms with Crippen molar-refractivity contribution in [2.75, 3.05) is 5.32 Å². The minimum Gasteiger partial charge on any atom is -0.334 e. The molecule has 0 fully saturated rings. The van der Waals surface area contributed by atoms with E-state index in [-0.39, 0.29) is 12.3 Å². The van der Waals surface area contributed by atoms with E-state index in [2.05, 4.69) is 32.6 Å². The number of anilines is 1. The van der Waals surface area contributed by atoms with Crippen molar-refractivity contribution in [1.82, 2.24) is 24.7 Å². The molecule has 0 saturated heterocycles. The molecule has 4 aromatic rings. The van der Waals surface area contributed by atoms with E-state index in [9.17, 15) is 4.79 Å². The molecular weight excluding hydrogens is 368 g/mol. The van der Waals surface area contributed by atoms with Gasteiger partial charge in [0.25, 0.3) is 5.89 Å². The van der Waals surface area contributed by atoms with Crippen LogP contribution in [-0.4, -0.2) is 30.6 Å². The van der Waals surface area contributed by atoms with E-state index in [1.165, 1.54) is 0 Å². The lowest BCUT2D eigenvalue weighted by Gasteiger charge is -2.10. The smallest absolute Gasteiger partial charge is 0.259 e. The van der Waals surface area contributed by atoms with Crippen molar-refractivity contribution in [2.24, 2.45) is 0 Å². The second-order valence-electron chi connectivity index (χ2n) is 7.00. The summed E-state index contributed by atoms with van der Waals surface area (Å²) in [6, 6.07) is 9.50. The van der Waals surface area contributed by atoms with Crippen LogP contribution in [0.4, 0.5) is 5.69 Å². The Bertz CT molecular complexity index is 1180. The molecule has 0 saturated carbocycles. The van der Waals surface area contributed by atoms with Gasteiger partial charge in [-0.25, -0.2) is 0 Å². The van der Waals surface area contributed by atoms with Gasteiger partial charge in [-0.2, -0.15) is 4.98 Å². The summed E-state index contributed by atoms with van der Waals surface area (Å²) in [5, 5.41) is 15.3. The Hall–Kier alpha value is -3.55. The average molecular weight is 390 g/mol.